The van der Waals surface area contributed by atoms with E-state index in [0.29, 0.717) is 6.42 Å². The summed E-state index contributed by atoms with van der Waals surface area (Å²) in [4.78, 5) is 0. The van der Waals surface area contributed by atoms with Crippen molar-refractivity contribution in [2.45, 2.75) is 32.7 Å². The molecule has 0 amide bonds. The van der Waals surface area contributed by atoms with E-state index in [2.05, 4.69) is 5.32 Å². The second kappa shape index (κ2) is 5.21. The van der Waals surface area contributed by atoms with Crippen LogP contribution in [0.25, 0.3) is 0 Å². The van der Waals surface area contributed by atoms with Crippen LogP contribution in [0.4, 0.5) is 8.78 Å². The van der Waals surface area contributed by atoms with Crippen LogP contribution in [0, 0.1) is 13.8 Å². The second-order valence-corrected chi connectivity index (χ2v) is 3.86. The molecule has 0 aliphatic carbocycles. The summed E-state index contributed by atoms with van der Waals surface area (Å²) >= 11 is 0. The Kier molecular flexibility index (Phi) is 4.21. The Balaban J connectivity index is 2.82. The SMILES string of the molecule is CNC(Cc1cc(C)ccc1C)C(F)F. The molecule has 1 aromatic carbocycles. The van der Waals surface area contributed by atoms with Crippen LogP contribution in [0.1, 0.15) is 16.7 Å². The average Bonchev–Trinajstić information content (AvgIpc) is 2.18. The molecule has 0 aromatic heterocycles. The molecule has 15 heavy (non-hydrogen) atoms. The number of rotatable bonds is 4. The highest BCUT2D eigenvalue weighted by Gasteiger charge is 2.19. The van der Waals surface area contributed by atoms with Crippen LogP contribution in [-0.2, 0) is 6.42 Å². The van der Waals surface area contributed by atoms with Gasteiger partial charge in [-0.25, -0.2) is 8.78 Å². The summed E-state index contributed by atoms with van der Waals surface area (Å²) in [6.45, 7) is 3.92. The molecule has 0 aliphatic heterocycles. The zero-order valence-electron chi connectivity index (χ0n) is 9.35. The van der Waals surface area contributed by atoms with Gasteiger partial charge >= 0.3 is 0 Å². The highest BCUT2D eigenvalue weighted by molar-refractivity contribution is 5.31. The van der Waals surface area contributed by atoms with E-state index in [1.165, 1.54) is 0 Å². The fourth-order valence-electron chi connectivity index (χ4n) is 1.57. The average molecular weight is 213 g/mol. The lowest BCUT2D eigenvalue weighted by Gasteiger charge is -2.16. The van der Waals surface area contributed by atoms with Gasteiger partial charge < -0.3 is 5.32 Å². The third-order valence-corrected chi connectivity index (χ3v) is 2.62. The first-order valence-corrected chi connectivity index (χ1v) is 5.06. The number of halogens is 2. The largest absolute Gasteiger partial charge is 0.312 e. The van der Waals surface area contributed by atoms with Gasteiger partial charge in [0.05, 0.1) is 6.04 Å². The predicted octanol–water partition coefficient (Wildman–Crippen LogP) is 2.70. The van der Waals surface area contributed by atoms with Crippen LogP contribution in [0.15, 0.2) is 18.2 Å². The van der Waals surface area contributed by atoms with Crippen molar-refractivity contribution in [3.63, 3.8) is 0 Å². The number of alkyl halides is 2. The minimum absolute atomic E-state index is 0.377. The lowest BCUT2D eigenvalue weighted by atomic mass is 9.99. The van der Waals surface area contributed by atoms with Crippen LogP contribution < -0.4 is 5.32 Å². The summed E-state index contributed by atoms with van der Waals surface area (Å²) in [7, 11) is 1.57. The summed E-state index contributed by atoms with van der Waals surface area (Å²) in [5.74, 6) is 0. The van der Waals surface area contributed by atoms with Crippen molar-refractivity contribution in [1.29, 1.82) is 0 Å². The van der Waals surface area contributed by atoms with Crippen molar-refractivity contribution in [3.8, 4) is 0 Å². The fraction of sp³-hybridized carbons (Fsp3) is 0.500. The van der Waals surface area contributed by atoms with E-state index in [9.17, 15) is 8.78 Å². The molecule has 0 saturated carbocycles. The molecule has 1 N–H and O–H groups in total. The van der Waals surface area contributed by atoms with Gasteiger partial charge in [0, 0.05) is 0 Å². The van der Waals surface area contributed by atoms with Crippen molar-refractivity contribution >= 4 is 0 Å². The van der Waals surface area contributed by atoms with Gasteiger partial charge in [-0.1, -0.05) is 23.8 Å². The molecule has 0 bridgehead atoms. The Morgan fingerprint density at radius 3 is 2.47 bits per heavy atom. The van der Waals surface area contributed by atoms with Crippen molar-refractivity contribution < 1.29 is 8.78 Å². The topological polar surface area (TPSA) is 12.0 Å². The maximum Gasteiger partial charge on any atom is 0.254 e. The normalized spacial score (nSPS) is 13.2. The van der Waals surface area contributed by atoms with Crippen LogP contribution in [0.2, 0.25) is 0 Å². The molecule has 0 radical (unpaired) electrons. The maximum atomic E-state index is 12.6. The van der Waals surface area contributed by atoms with Crippen LogP contribution in [0.5, 0.6) is 0 Å². The van der Waals surface area contributed by atoms with E-state index < -0.39 is 12.5 Å². The Morgan fingerprint density at radius 1 is 1.27 bits per heavy atom. The van der Waals surface area contributed by atoms with Crippen LogP contribution in [0.3, 0.4) is 0 Å². The van der Waals surface area contributed by atoms with Crippen molar-refractivity contribution in [2.75, 3.05) is 7.05 Å². The molecule has 0 fully saturated rings. The Hall–Kier alpha value is -0.960. The summed E-state index contributed by atoms with van der Waals surface area (Å²) in [5.41, 5.74) is 3.18. The molecule has 1 unspecified atom stereocenters. The fourth-order valence-corrected chi connectivity index (χ4v) is 1.57. The highest BCUT2D eigenvalue weighted by atomic mass is 19.3. The molecule has 1 atom stereocenters. The standard InChI is InChI=1S/C12H17F2N/c1-8-4-5-9(2)10(6-8)7-11(15-3)12(13)14/h4-6,11-12,15H,7H2,1-3H3. The van der Waals surface area contributed by atoms with Gasteiger partial charge in [-0.2, -0.15) is 0 Å². The first-order valence-electron chi connectivity index (χ1n) is 5.06. The summed E-state index contributed by atoms with van der Waals surface area (Å²) in [6, 6.07) is 5.19. The number of hydrogen-bond acceptors (Lipinski definition) is 1. The monoisotopic (exact) mass is 213 g/mol. The number of likely N-dealkylation sites (N-methyl/N-ethyl adjacent to an activating group) is 1. The molecule has 1 aromatic rings. The van der Waals surface area contributed by atoms with E-state index >= 15 is 0 Å². The van der Waals surface area contributed by atoms with Crippen LogP contribution >= 0.6 is 0 Å². The predicted molar refractivity (Wildman–Crippen MR) is 58.5 cm³/mol. The van der Waals surface area contributed by atoms with Gasteiger partial charge in [0.25, 0.3) is 6.43 Å². The molecular formula is C12H17F2N. The molecule has 1 nitrogen and oxygen atoms in total. The van der Waals surface area contributed by atoms with Crippen molar-refractivity contribution in [2.24, 2.45) is 0 Å². The molecule has 84 valence electrons. The third kappa shape index (κ3) is 3.27. The molecule has 0 heterocycles. The first-order chi connectivity index (χ1) is 7.04. The lowest BCUT2D eigenvalue weighted by molar-refractivity contribution is 0.102. The molecule has 0 aliphatic rings. The Bertz CT molecular complexity index is 323. The van der Waals surface area contributed by atoms with Crippen LogP contribution in [-0.4, -0.2) is 19.5 Å². The quantitative estimate of drug-likeness (QED) is 0.810. The van der Waals surface area contributed by atoms with Gasteiger partial charge in [-0.3, -0.25) is 0 Å². The number of hydrogen-bond donors (Lipinski definition) is 1. The van der Waals surface area contributed by atoms with E-state index in [1.807, 2.05) is 32.0 Å². The minimum atomic E-state index is -2.32. The molecule has 3 heteroatoms. The van der Waals surface area contributed by atoms with Crippen molar-refractivity contribution in [3.05, 3.63) is 34.9 Å². The zero-order chi connectivity index (χ0) is 11.4. The zero-order valence-corrected chi connectivity index (χ0v) is 9.35. The van der Waals surface area contributed by atoms with Gasteiger partial charge in [-0.15, -0.1) is 0 Å². The highest BCUT2D eigenvalue weighted by Crippen LogP contribution is 2.15. The van der Waals surface area contributed by atoms with E-state index in [4.69, 9.17) is 0 Å². The van der Waals surface area contributed by atoms with E-state index in [-0.39, 0.29) is 0 Å². The maximum absolute atomic E-state index is 12.6. The van der Waals surface area contributed by atoms with Gasteiger partial charge in [-0.05, 0) is 38.4 Å². The third-order valence-electron chi connectivity index (χ3n) is 2.62. The smallest absolute Gasteiger partial charge is 0.254 e. The molecule has 0 spiro atoms. The number of aryl methyl sites for hydroxylation is 2. The molecule has 1 rings (SSSR count). The summed E-state index contributed by atoms with van der Waals surface area (Å²) in [5, 5.41) is 2.65. The number of nitrogens with one attached hydrogen (secondary N) is 1. The Morgan fingerprint density at radius 2 is 1.93 bits per heavy atom. The molecule has 0 saturated heterocycles. The van der Waals surface area contributed by atoms with Gasteiger partial charge in [0.1, 0.15) is 0 Å². The van der Waals surface area contributed by atoms with E-state index in [0.717, 1.165) is 16.7 Å². The van der Waals surface area contributed by atoms with Gasteiger partial charge in [0.15, 0.2) is 0 Å². The van der Waals surface area contributed by atoms with Crippen molar-refractivity contribution in [1.82, 2.24) is 5.32 Å². The number of benzene rings is 1. The summed E-state index contributed by atoms with van der Waals surface area (Å²) in [6.07, 6.45) is -1.95. The summed E-state index contributed by atoms with van der Waals surface area (Å²) < 4.78 is 25.1. The first kappa shape index (κ1) is 12.1. The molecular weight excluding hydrogens is 196 g/mol. The Labute approximate surface area is 89.5 Å². The second-order valence-electron chi connectivity index (χ2n) is 3.86. The van der Waals surface area contributed by atoms with Gasteiger partial charge in [0.2, 0.25) is 0 Å². The van der Waals surface area contributed by atoms with E-state index in [1.54, 1.807) is 7.05 Å². The minimum Gasteiger partial charge on any atom is -0.312 e. The lowest BCUT2D eigenvalue weighted by Crippen LogP contribution is -2.34.